The Morgan fingerprint density at radius 2 is 1.38 bits per heavy atom. The number of hydrogen-bond acceptors (Lipinski definition) is 1. The number of halogens is 9. The van der Waals surface area contributed by atoms with E-state index >= 15 is 0 Å². The highest BCUT2D eigenvalue weighted by Crippen LogP contribution is 2.39. The van der Waals surface area contributed by atoms with E-state index in [0.29, 0.717) is 23.8 Å². The van der Waals surface area contributed by atoms with Crippen LogP contribution in [0.1, 0.15) is 38.2 Å². The fourth-order valence-corrected chi connectivity index (χ4v) is 4.56. The van der Waals surface area contributed by atoms with Gasteiger partial charge in [-0.1, -0.05) is 54.1 Å². The van der Waals surface area contributed by atoms with Gasteiger partial charge in [-0.3, -0.25) is 4.79 Å². The van der Waals surface area contributed by atoms with Crippen LogP contribution in [0.15, 0.2) is 91.0 Å². The molecule has 4 aromatic rings. The Labute approximate surface area is 228 Å². The molecule has 0 spiro atoms. The molecule has 0 fully saturated rings. The van der Waals surface area contributed by atoms with E-state index in [1.165, 1.54) is 24.3 Å². The minimum Gasteiger partial charge on any atom is -0.338 e. The summed E-state index contributed by atoms with van der Waals surface area (Å²) in [6, 6.07) is 17.1. The molecule has 40 heavy (non-hydrogen) atoms. The van der Waals surface area contributed by atoms with Gasteiger partial charge in [0.15, 0.2) is 0 Å². The molecule has 1 atom stereocenters. The van der Waals surface area contributed by atoms with Crippen LogP contribution in [-0.2, 0) is 24.3 Å². The average Bonchev–Trinajstić information content (AvgIpc) is 2.87. The Kier molecular flexibility index (Phi) is 7.94. The van der Waals surface area contributed by atoms with E-state index < -0.39 is 52.1 Å². The molecule has 0 aliphatic rings. The summed E-state index contributed by atoms with van der Waals surface area (Å²) in [5, 5.41) is 2.66. The molecule has 0 saturated carbocycles. The minimum absolute atomic E-state index is 0.120. The molecule has 1 unspecified atom stereocenters. The average molecular weight is 584 g/mol. The maximum atomic E-state index is 14.7. The van der Waals surface area contributed by atoms with E-state index in [4.69, 9.17) is 11.6 Å². The second-order valence-electron chi connectivity index (χ2n) is 8.95. The van der Waals surface area contributed by atoms with Gasteiger partial charge in [-0.15, -0.1) is 0 Å². The van der Waals surface area contributed by atoms with Gasteiger partial charge in [-0.25, -0.2) is 8.78 Å². The highest BCUT2D eigenvalue weighted by molar-refractivity contribution is 6.30. The Bertz CT molecular complexity index is 1540. The molecule has 4 aromatic carbocycles. The van der Waals surface area contributed by atoms with E-state index in [2.05, 4.69) is 5.32 Å². The lowest BCUT2D eigenvalue weighted by Crippen LogP contribution is -2.49. The van der Waals surface area contributed by atoms with E-state index in [-0.39, 0.29) is 28.6 Å². The lowest BCUT2D eigenvalue weighted by molar-refractivity contribution is -0.140. The van der Waals surface area contributed by atoms with Crippen LogP contribution < -0.4 is 5.32 Å². The van der Waals surface area contributed by atoms with Crippen LogP contribution in [-0.4, -0.2) is 5.91 Å². The van der Waals surface area contributed by atoms with Crippen molar-refractivity contribution < 1.29 is 39.9 Å². The van der Waals surface area contributed by atoms with Gasteiger partial charge < -0.3 is 5.32 Å². The number of carbonyl (C=O) groups excluding carboxylic acids is 1. The summed E-state index contributed by atoms with van der Waals surface area (Å²) < 4.78 is 110. The molecule has 1 N–H and O–H groups in total. The van der Waals surface area contributed by atoms with Crippen molar-refractivity contribution in [1.29, 1.82) is 0 Å². The normalized spacial score (nSPS) is 13.5. The Hall–Kier alpha value is -3.92. The molecule has 0 bridgehead atoms. The summed E-state index contributed by atoms with van der Waals surface area (Å²) >= 11 is 6.18. The maximum Gasteiger partial charge on any atom is 0.419 e. The minimum atomic E-state index is -5.13. The third-order valence-corrected chi connectivity index (χ3v) is 6.44. The van der Waals surface area contributed by atoms with Crippen LogP contribution in [0.2, 0.25) is 5.02 Å². The Morgan fingerprint density at radius 1 is 0.700 bits per heavy atom. The van der Waals surface area contributed by atoms with Crippen molar-refractivity contribution >= 4 is 17.5 Å². The molecule has 0 radical (unpaired) electrons. The highest BCUT2D eigenvalue weighted by Gasteiger charge is 2.41. The monoisotopic (exact) mass is 583 g/mol. The van der Waals surface area contributed by atoms with E-state index in [1.807, 2.05) is 0 Å². The lowest BCUT2D eigenvalue weighted by atomic mass is 9.77. The van der Waals surface area contributed by atoms with Crippen LogP contribution in [0, 0.1) is 11.6 Å². The number of benzene rings is 4. The molecule has 0 heterocycles. The zero-order valence-corrected chi connectivity index (χ0v) is 20.9. The summed E-state index contributed by atoms with van der Waals surface area (Å²) in [5.41, 5.74) is -5.40. The number of amides is 1. The number of rotatable bonds is 6. The number of nitrogens with one attached hydrogen (secondary N) is 1. The first-order valence-corrected chi connectivity index (χ1v) is 11.9. The second-order valence-corrected chi connectivity index (χ2v) is 9.39. The molecular formula is C29H18ClF8NO. The van der Waals surface area contributed by atoms with Gasteiger partial charge in [0, 0.05) is 17.0 Å². The van der Waals surface area contributed by atoms with Gasteiger partial charge in [0.2, 0.25) is 0 Å². The molecule has 0 aliphatic carbocycles. The van der Waals surface area contributed by atoms with Crippen molar-refractivity contribution in [2.75, 3.05) is 0 Å². The first kappa shape index (κ1) is 29.1. The largest absolute Gasteiger partial charge is 0.419 e. The summed E-state index contributed by atoms with van der Waals surface area (Å²) in [5.74, 6) is -4.06. The quantitative estimate of drug-likeness (QED) is 0.226. The fraction of sp³-hybridized carbons (Fsp3) is 0.138. The zero-order chi connectivity index (χ0) is 29.3. The molecule has 0 aliphatic heterocycles. The molecule has 11 heteroatoms. The van der Waals surface area contributed by atoms with Crippen molar-refractivity contribution in [2.45, 2.75) is 24.3 Å². The van der Waals surface area contributed by atoms with Gasteiger partial charge in [0.05, 0.1) is 16.7 Å². The second kappa shape index (κ2) is 10.9. The third kappa shape index (κ3) is 6.28. The molecule has 1 amide bonds. The molecular weight excluding hydrogens is 566 g/mol. The van der Waals surface area contributed by atoms with Crippen LogP contribution >= 0.6 is 11.6 Å². The maximum absolute atomic E-state index is 14.7. The first-order valence-electron chi connectivity index (χ1n) is 11.6. The summed E-state index contributed by atoms with van der Waals surface area (Å²) in [6.07, 6.45) is -10.3. The third-order valence-electron chi connectivity index (χ3n) is 6.21. The lowest BCUT2D eigenvalue weighted by Gasteiger charge is -2.37. The summed E-state index contributed by atoms with van der Waals surface area (Å²) in [6.45, 7) is 0. The van der Waals surface area contributed by atoms with Crippen molar-refractivity contribution in [3.63, 3.8) is 0 Å². The predicted octanol–water partition coefficient (Wildman–Crippen LogP) is 8.57. The standard InChI is InChI=1S/C29H18ClF8NO/c30-22-8-4-7-19(13-22)27(16-17-5-2-1-3-6-17,20-12-21(28(33,34)35)15-23(31)14-20)39-26(40)18-9-10-25(32)24(11-18)29(36,37)38/h1-15H,16H2,(H,39,40). The molecule has 2 nitrogen and oxygen atoms in total. The van der Waals surface area contributed by atoms with E-state index in [0.717, 1.165) is 12.1 Å². The van der Waals surface area contributed by atoms with Gasteiger partial charge in [0.1, 0.15) is 11.6 Å². The molecule has 208 valence electrons. The molecule has 4 rings (SSSR count). The van der Waals surface area contributed by atoms with Crippen LogP contribution in [0.3, 0.4) is 0 Å². The van der Waals surface area contributed by atoms with E-state index in [9.17, 15) is 39.9 Å². The van der Waals surface area contributed by atoms with Gasteiger partial charge >= 0.3 is 12.4 Å². The van der Waals surface area contributed by atoms with Crippen molar-refractivity contribution in [1.82, 2.24) is 5.32 Å². The Balaban J connectivity index is 1.99. The SMILES string of the molecule is O=C(NC(Cc1ccccc1)(c1cccc(Cl)c1)c1cc(F)cc(C(F)(F)F)c1)c1ccc(F)c(C(F)(F)F)c1. The fourth-order valence-electron chi connectivity index (χ4n) is 4.36. The van der Waals surface area contributed by atoms with Crippen molar-refractivity contribution in [2.24, 2.45) is 0 Å². The van der Waals surface area contributed by atoms with Gasteiger partial charge in [-0.05, 0) is 65.2 Å². The molecule has 0 saturated heterocycles. The number of hydrogen-bond donors (Lipinski definition) is 1. The topological polar surface area (TPSA) is 29.1 Å². The number of alkyl halides is 6. The van der Waals surface area contributed by atoms with Gasteiger partial charge in [0.25, 0.3) is 5.91 Å². The van der Waals surface area contributed by atoms with Gasteiger partial charge in [-0.2, -0.15) is 26.3 Å². The van der Waals surface area contributed by atoms with Crippen LogP contribution in [0.4, 0.5) is 35.1 Å². The smallest absolute Gasteiger partial charge is 0.338 e. The van der Waals surface area contributed by atoms with Crippen LogP contribution in [0.5, 0.6) is 0 Å². The highest BCUT2D eigenvalue weighted by atomic mass is 35.5. The zero-order valence-electron chi connectivity index (χ0n) is 20.2. The predicted molar refractivity (Wildman–Crippen MR) is 133 cm³/mol. The van der Waals surface area contributed by atoms with Crippen LogP contribution in [0.25, 0.3) is 0 Å². The number of carbonyl (C=O) groups is 1. The summed E-state index contributed by atoms with van der Waals surface area (Å²) in [4.78, 5) is 13.5. The molecule has 0 aromatic heterocycles. The van der Waals surface area contributed by atoms with E-state index in [1.54, 1.807) is 30.3 Å². The van der Waals surface area contributed by atoms with Crippen molar-refractivity contribution in [3.05, 3.63) is 141 Å². The first-order chi connectivity index (χ1) is 18.7. The van der Waals surface area contributed by atoms with Crippen molar-refractivity contribution in [3.8, 4) is 0 Å². The Morgan fingerprint density at radius 3 is 2.00 bits per heavy atom. The summed E-state index contributed by atoms with van der Waals surface area (Å²) in [7, 11) is 0.